The van der Waals surface area contributed by atoms with E-state index in [0.717, 1.165) is 41.2 Å². The number of thiazole rings is 1. The van der Waals surface area contributed by atoms with Crippen molar-refractivity contribution >= 4 is 16.5 Å². The third-order valence-electron chi connectivity index (χ3n) is 3.42. The van der Waals surface area contributed by atoms with Crippen LogP contribution in [-0.4, -0.2) is 26.2 Å². The highest BCUT2D eigenvalue weighted by molar-refractivity contribution is 7.15. The van der Waals surface area contributed by atoms with Crippen molar-refractivity contribution in [2.45, 2.75) is 39.5 Å². The molecule has 0 amide bonds. The number of nitrogens with zero attached hydrogens (tertiary/aromatic N) is 4. The first kappa shape index (κ1) is 12.6. The SMILES string of the molecule is CC(C)c1nc(N2CCn3ccnc3C2)sc1CO. The van der Waals surface area contributed by atoms with E-state index in [1.807, 2.05) is 12.4 Å². The Bertz CT molecular complexity index is 575. The highest BCUT2D eigenvalue weighted by Gasteiger charge is 2.22. The summed E-state index contributed by atoms with van der Waals surface area (Å²) in [7, 11) is 0. The summed E-state index contributed by atoms with van der Waals surface area (Å²) in [6.07, 6.45) is 3.87. The molecule has 3 rings (SSSR count). The number of aromatic nitrogens is 3. The lowest BCUT2D eigenvalue weighted by Gasteiger charge is -2.27. The summed E-state index contributed by atoms with van der Waals surface area (Å²) in [5, 5.41) is 10.4. The summed E-state index contributed by atoms with van der Waals surface area (Å²) in [6.45, 7) is 6.98. The number of aliphatic hydroxyl groups is 1. The Balaban J connectivity index is 1.87. The normalized spacial score (nSPS) is 15.1. The van der Waals surface area contributed by atoms with Crippen LogP contribution in [0.4, 0.5) is 5.13 Å². The predicted octanol–water partition coefficient (Wildman–Crippen LogP) is 1.98. The van der Waals surface area contributed by atoms with Crippen LogP contribution in [0.15, 0.2) is 12.4 Å². The van der Waals surface area contributed by atoms with Gasteiger partial charge in [-0.05, 0) is 5.92 Å². The summed E-state index contributed by atoms with van der Waals surface area (Å²) in [4.78, 5) is 12.3. The van der Waals surface area contributed by atoms with Gasteiger partial charge in [-0.2, -0.15) is 0 Å². The van der Waals surface area contributed by atoms with Crippen LogP contribution in [0.1, 0.15) is 36.2 Å². The monoisotopic (exact) mass is 278 g/mol. The molecule has 1 aliphatic rings. The Morgan fingerprint density at radius 1 is 1.42 bits per heavy atom. The molecule has 0 aliphatic carbocycles. The number of aliphatic hydroxyl groups excluding tert-OH is 1. The summed E-state index contributed by atoms with van der Waals surface area (Å²) in [5.41, 5.74) is 1.02. The van der Waals surface area contributed by atoms with Gasteiger partial charge in [0, 0.05) is 25.5 Å². The molecule has 1 N–H and O–H groups in total. The third-order valence-corrected chi connectivity index (χ3v) is 4.54. The summed E-state index contributed by atoms with van der Waals surface area (Å²) < 4.78 is 2.18. The largest absolute Gasteiger partial charge is 0.391 e. The van der Waals surface area contributed by atoms with Crippen LogP contribution in [0.5, 0.6) is 0 Å². The Labute approximate surface area is 116 Å². The first-order valence-electron chi connectivity index (χ1n) is 6.54. The van der Waals surface area contributed by atoms with Crippen molar-refractivity contribution in [2.75, 3.05) is 11.4 Å². The highest BCUT2D eigenvalue weighted by Crippen LogP contribution is 2.32. The molecule has 1 aliphatic heterocycles. The lowest BCUT2D eigenvalue weighted by molar-refractivity contribution is 0.283. The molecule has 6 heteroatoms. The van der Waals surface area contributed by atoms with Gasteiger partial charge in [-0.3, -0.25) is 0 Å². The third kappa shape index (κ3) is 2.26. The zero-order chi connectivity index (χ0) is 13.4. The van der Waals surface area contributed by atoms with Gasteiger partial charge in [0.25, 0.3) is 0 Å². The zero-order valence-corrected chi connectivity index (χ0v) is 12.0. The van der Waals surface area contributed by atoms with Crippen molar-refractivity contribution in [3.8, 4) is 0 Å². The van der Waals surface area contributed by atoms with E-state index in [0.29, 0.717) is 5.92 Å². The van der Waals surface area contributed by atoms with E-state index in [4.69, 9.17) is 4.98 Å². The Morgan fingerprint density at radius 2 is 2.26 bits per heavy atom. The van der Waals surface area contributed by atoms with Crippen LogP contribution in [0, 0.1) is 0 Å². The molecule has 0 bridgehead atoms. The van der Waals surface area contributed by atoms with Gasteiger partial charge in [-0.25, -0.2) is 9.97 Å². The molecule has 0 spiro atoms. The van der Waals surface area contributed by atoms with Crippen molar-refractivity contribution < 1.29 is 5.11 Å². The summed E-state index contributed by atoms with van der Waals surface area (Å²) >= 11 is 1.60. The van der Waals surface area contributed by atoms with Gasteiger partial charge in [0.05, 0.1) is 23.7 Å². The average Bonchev–Trinajstić information content (AvgIpc) is 3.04. The van der Waals surface area contributed by atoms with Gasteiger partial charge in [-0.1, -0.05) is 25.2 Å². The minimum atomic E-state index is 0.0770. The average molecular weight is 278 g/mol. The molecule has 2 aromatic heterocycles. The van der Waals surface area contributed by atoms with Crippen molar-refractivity contribution in [3.05, 3.63) is 28.8 Å². The van der Waals surface area contributed by atoms with Crippen LogP contribution in [0.2, 0.25) is 0 Å². The van der Waals surface area contributed by atoms with E-state index in [-0.39, 0.29) is 6.61 Å². The van der Waals surface area contributed by atoms with E-state index in [2.05, 4.69) is 28.3 Å². The number of hydrogen-bond acceptors (Lipinski definition) is 5. The minimum Gasteiger partial charge on any atom is -0.391 e. The Kier molecular flexibility index (Phi) is 3.28. The van der Waals surface area contributed by atoms with E-state index in [1.54, 1.807) is 11.3 Å². The van der Waals surface area contributed by atoms with Gasteiger partial charge < -0.3 is 14.6 Å². The van der Waals surface area contributed by atoms with Gasteiger partial charge in [0.15, 0.2) is 5.13 Å². The molecule has 0 unspecified atom stereocenters. The predicted molar refractivity (Wildman–Crippen MR) is 75.4 cm³/mol. The molecule has 102 valence electrons. The molecule has 0 saturated carbocycles. The van der Waals surface area contributed by atoms with Gasteiger partial charge in [-0.15, -0.1) is 0 Å². The lowest BCUT2D eigenvalue weighted by Crippen LogP contribution is -2.33. The lowest BCUT2D eigenvalue weighted by atomic mass is 10.1. The maximum atomic E-state index is 9.44. The highest BCUT2D eigenvalue weighted by atomic mass is 32.1. The fourth-order valence-electron chi connectivity index (χ4n) is 2.39. The van der Waals surface area contributed by atoms with Crippen molar-refractivity contribution in [2.24, 2.45) is 0 Å². The molecule has 0 fully saturated rings. The molecular formula is C13H18N4OS. The topological polar surface area (TPSA) is 54.2 Å². The van der Waals surface area contributed by atoms with E-state index < -0.39 is 0 Å². The molecule has 3 heterocycles. The number of hydrogen-bond donors (Lipinski definition) is 1. The summed E-state index contributed by atoms with van der Waals surface area (Å²) in [5.74, 6) is 1.43. The Morgan fingerprint density at radius 3 is 2.95 bits per heavy atom. The Hall–Kier alpha value is -1.40. The molecule has 0 atom stereocenters. The second-order valence-corrected chi connectivity index (χ2v) is 6.14. The van der Waals surface area contributed by atoms with Crippen LogP contribution in [0.3, 0.4) is 0 Å². The van der Waals surface area contributed by atoms with Crippen molar-refractivity contribution in [1.82, 2.24) is 14.5 Å². The maximum Gasteiger partial charge on any atom is 0.186 e. The first-order valence-corrected chi connectivity index (χ1v) is 7.36. The standard InChI is InChI=1S/C13H18N4OS/c1-9(2)12-10(8-18)19-13(15-12)17-6-5-16-4-3-14-11(16)7-17/h3-4,9,18H,5-8H2,1-2H3. The van der Waals surface area contributed by atoms with Gasteiger partial charge >= 0.3 is 0 Å². The molecule has 0 saturated heterocycles. The van der Waals surface area contributed by atoms with Gasteiger partial charge in [0.2, 0.25) is 0 Å². The number of rotatable bonds is 3. The fourth-order valence-corrected chi connectivity index (χ4v) is 3.49. The molecule has 19 heavy (non-hydrogen) atoms. The number of anilines is 1. The fraction of sp³-hybridized carbons (Fsp3) is 0.538. The molecule has 0 radical (unpaired) electrons. The molecule has 5 nitrogen and oxygen atoms in total. The smallest absolute Gasteiger partial charge is 0.186 e. The van der Waals surface area contributed by atoms with Crippen LogP contribution < -0.4 is 4.90 Å². The summed E-state index contributed by atoms with van der Waals surface area (Å²) in [6, 6.07) is 0. The van der Waals surface area contributed by atoms with Crippen LogP contribution in [0.25, 0.3) is 0 Å². The molecular weight excluding hydrogens is 260 g/mol. The molecule has 0 aromatic carbocycles. The zero-order valence-electron chi connectivity index (χ0n) is 11.2. The van der Waals surface area contributed by atoms with Crippen molar-refractivity contribution in [1.29, 1.82) is 0 Å². The van der Waals surface area contributed by atoms with Crippen LogP contribution in [-0.2, 0) is 19.7 Å². The quantitative estimate of drug-likeness (QED) is 0.932. The maximum absolute atomic E-state index is 9.44. The van der Waals surface area contributed by atoms with E-state index in [1.165, 1.54) is 0 Å². The minimum absolute atomic E-state index is 0.0770. The van der Waals surface area contributed by atoms with Crippen molar-refractivity contribution in [3.63, 3.8) is 0 Å². The van der Waals surface area contributed by atoms with Gasteiger partial charge in [0.1, 0.15) is 5.82 Å². The second-order valence-electron chi connectivity index (χ2n) is 5.08. The number of fused-ring (bicyclic) bond motifs is 1. The van der Waals surface area contributed by atoms with E-state index in [9.17, 15) is 5.11 Å². The van der Waals surface area contributed by atoms with Crippen LogP contribution >= 0.6 is 11.3 Å². The number of imidazole rings is 1. The molecule has 2 aromatic rings. The first-order chi connectivity index (χ1) is 9.19. The van der Waals surface area contributed by atoms with E-state index >= 15 is 0 Å². The second kappa shape index (κ2) is 4.94.